The molecule has 1 atom stereocenters. The zero-order valence-corrected chi connectivity index (χ0v) is 14.5. The molecule has 1 fully saturated rings. The van der Waals surface area contributed by atoms with Crippen LogP contribution in [0, 0.1) is 6.92 Å². The van der Waals surface area contributed by atoms with Gasteiger partial charge in [0.2, 0.25) is 11.8 Å². The van der Waals surface area contributed by atoms with Gasteiger partial charge in [-0.15, -0.1) is 0 Å². The molecular formula is C17H23N5O3. The van der Waals surface area contributed by atoms with E-state index >= 15 is 0 Å². The first-order chi connectivity index (χ1) is 12.0. The standard InChI is InChI=1S/C17H23N5O3/c1-12-9-15(21(2)20-12)19-16(23)11-22-7-3-6-14(22)17(24)18-10-13-5-4-8-25-13/h4-5,8-9,14H,3,6-7,10-11H2,1-2H3,(H,18,24)(H,19,23)/t14-/m0/s1. The number of nitrogens with one attached hydrogen (secondary N) is 2. The Bertz CT molecular complexity index is 738. The predicted octanol–water partition coefficient (Wildman–Crippen LogP) is 1.04. The number of aryl methyl sites for hydroxylation is 2. The molecule has 0 saturated carbocycles. The van der Waals surface area contributed by atoms with Gasteiger partial charge in [-0.2, -0.15) is 5.10 Å². The molecule has 2 amide bonds. The average Bonchev–Trinajstić information content (AvgIpc) is 3.28. The monoisotopic (exact) mass is 345 g/mol. The molecule has 1 saturated heterocycles. The Balaban J connectivity index is 1.53. The Labute approximate surface area is 146 Å². The molecule has 3 rings (SSSR count). The van der Waals surface area contributed by atoms with E-state index in [0.717, 1.165) is 25.1 Å². The molecule has 0 bridgehead atoms. The van der Waals surface area contributed by atoms with Crippen LogP contribution >= 0.6 is 0 Å². The topological polar surface area (TPSA) is 92.4 Å². The van der Waals surface area contributed by atoms with Crippen molar-refractivity contribution in [1.29, 1.82) is 0 Å². The minimum Gasteiger partial charge on any atom is -0.467 e. The van der Waals surface area contributed by atoms with Gasteiger partial charge in [-0.25, -0.2) is 0 Å². The number of likely N-dealkylation sites (tertiary alicyclic amines) is 1. The normalized spacial score (nSPS) is 17.6. The smallest absolute Gasteiger partial charge is 0.239 e. The number of carbonyl (C=O) groups excluding carboxylic acids is 2. The second kappa shape index (κ2) is 7.52. The number of hydrogen-bond donors (Lipinski definition) is 2. The van der Waals surface area contributed by atoms with E-state index in [1.54, 1.807) is 24.1 Å². The first-order valence-corrected chi connectivity index (χ1v) is 8.37. The number of aromatic nitrogens is 2. The van der Waals surface area contributed by atoms with Crippen LogP contribution in [0.5, 0.6) is 0 Å². The number of amides is 2. The van der Waals surface area contributed by atoms with Gasteiger partial charge in [0.15, 0.2) is 0 Å². The molecule has 2 aromatic heterocycles. The molecule has 8 nitrogen and oxygen atoms in total. The molecule has 2 aromatic rings. The van der Waals surface area contributed by atoms with Crippen molar-refractivity contribution in [3.63, 3.8) is 0 Å². The van der Waals surface area contributed by atoms with Gasteiger partial charge in [0.25, 0.3) is 0 Å². The third-order valence-corrected chi connectivity index (χ3v) is 4.30. The summed E-state index contributed by atoms with van der Waals surface area (Å²) in [7, 11) is 1.78. The number of nitrogens with zero attached hydrogens (tertiary/aromatic N) is 3. The molecule has 2 N–H and O–H groups in total. The van der Waals surface area contributed by atoms with E-state index in [9.17, 15) is 9.59 Å². The van der Waals surface area contributed by atoms with Crippen LogP contribution in [-0.2, 0) is 23.2 Å². The molecule has 8 heteroatoms. The summed E-state index contributed by atoms with van der Waals surface area (Å²) < 4.78 is 6.85. The second-order valence-corrected chi connectivity index (χ2v) is 6.27. The van der Waals surface area contributed by atoms with E-state index in [0.29, 0.717) is 18.1 Å². The fourth-order valence-electron chi connectivity index (χ4n) is 3.11. The Morgan fingerprint density at radius 1 is 1.44 bits per heavy atom. The van der Waals surface area contributed by atoms with Crippen molar-refractivity contribution >= 4 is 17.6 Å². The van der Waals surface area contributed by atoms with Crippen LogP contribution in [0.3, 0.4) is 0 Å². The Kier molecular flexibility index (Phi) is 5.18. The van der Waals surface area contributed by atoms with Crippen LogP contribution < -0.4 is 10.6 Å². The lowest BCUT2D eigenvalue weighted by Gasteiger charge is -2.22. The zero-order chi connectivity index (χ0) is 17.8. The summed E-state index contributed by atoms with van der Waals surface area (Å²) in [5.41, 5.74) is 0.842. The highest BCUT2D eigenvalue weighted by Gasteiger charge is 2.31. The molecule has 0 spiro atoms. The fraction of sp³-hybridized carbons (Fsp3) is 0.471. The summed E-state index contributed by atoms with van der Waals surface area (Å²) in [4.78, 5) is 26.6. The highest BCUT2D eigenvalue weighted by Crippen LogP contribution is 2.18. The van der Waals surface area contributed by atoms with E-state index in [4.69, 9.17) is 4.42 Å². The Morgan fingerprint density at radius 3 is 2.96 bits per heavy atom. The molecule has 3 heterocycles. The SMILES string of the molecule is Cc1cc(NC(=O)CN2CCC[C@H]2C(=O)NCc2ccco2)n(C)n1. The Hall–Kier alpha value is -2.61. The minimum atomic E-state index is -0.283. The van der Waals surface area contributed by atoms with Crippen LogP contribution in [0.15, 0.2) is 28.9 Å². The van der Waals surface area contributed by atoms with Crippen molar-refractivity contribution in [2.24, 2.45) is 7.05 Å². The predicted molar refractivity (Wildman–Crippen MR) is 91.7 cm³/mol. The van der Waals surface area contributed by atoms with Crippen molar-refractivity contribution in [2.45, 2.75) is 32.4 Å². The molecule has 1 aliphatic heterocycles. The molecule has 1 aliphatic rings. The zero-order valence-electron chi connectivity index (χ0n) is 14.5. The summed E-state index contributed by atoms with van der Waals surface area (Å²) in [5, 5.41) is 9.92. The summed E-state index contributed by atoms with van der Waals surface area (Å²) in [6, 6.07) is 5.13. The molecule has 0 radical (unpaired) electrons. The number of carbonyl (C=O) groups is 2. The number of hydrogen-bond acceptors (Lipinski definition) is 5. The maximum absolute atomic E-state index is 12.4. The highest BCUT2D eigenvalue weighted by molar-refractivity contribution is 5.92. The lowest BCUT2D eigenvalue weighted by atomic mass is 10.2. The van der Waals surface area contributed by atoms with E-state index in [1.165, 1.54) is 0 Å². The molecule has 134 valence electrons. The molecule has 25 heavy (non-hydrogen) atoms. The largest absolute Gasteiger partial charge is 0.467 e. The van der Waals surface area contributed by atoms with Crippen LogP contribution in [0.1, 0.15) is 24.3 Å². The third kappa shape index (κ3) is 4.27. The van der Waals surface area contributed by atoms with E-state index < -0.39 is 0 Å². The van der Waals surface area contributed by atoms with Gasteiger partial charge in [0.1, 0.15) is 11.6 Å². The molecular weight excluding hydrogens is 322 g/mol. The van der Waals surface area contributed by atoms with Gasteiger partial charge in [-0.3, -0.25) is 19.2 Å². The van der Waals surface area contributed by atoms with Gasteiger partial charge < -0.3 is 15.1 Å². The fourth-order valence-corrected chi connectivity index (χ4v) is 3.11. The second-order valence-electron chi connectivity index (χ2n) is 6.27. The van der Waals surface area contributed by atoms with Gasteiger partial charge in [0.05, 0.1) is 31.1 Å². The summed E-state index contributed by atoms with van der Waals surface area (Å²) in [5.74, 6) is 1.15. The van der Waals surface area contributed by atoms with Crippen LogP contribution in [-0.4, -0.2) is 45.6 Å². The highest BCUT2D eigenvalue weighted by atomic mass is 16.3. The summed E-state index contributed by atoms with van der Waals surface area (Å²) in [6.45, 7) is 3.14. The lowest BCUT2D eigenvalue weighted by Crippen LogP contribution is -2.45. The van der Waals surface area contributed by atoms with Gasteiger partial charge in [0, 0.05) is 13.1 Å². The number of furan rings is 1. The number of anilines is 1. The van der Waals surface area contributed by atoms with Crippen molar-refractivity contribution in [3.05, 3.63) is 35.9 Å². The lowest BCUT2D eigenvalue weighted by molar-refractivity contribution is -0.126. The first kappa shape index (κ1) is 17.2. The van der Waals surface area contributed by atoms with Crippen LogP contribution in [0.25, 0.3) is 0 Å². The first-order valence-electron chi connectivity index (χ1n) is 8.37. The molecule has 0 aliphatic carbocycles. The minimum absolute atomic E-state index is 0.0712. The van der Waals surface area contributed by atoms with E-state index in [-0.39, 0.29) is 24.4 Å². The van der Waals surface area contributed by atoms with Gasteiger partial charge >= 0.3 is 0 Å². The molecule has 0 unspecified atom stereocenters. The third-order valence-electron chi connectivity index (χ3n) is 4.30. The maximum atomic E-state index is 12.4. The Morgan fingerprint density at radius 2 is 2.28 bits per heavy atom. The van der Waals surface area contributed by atoms with Gasteiger partial charge in [-0.1, -0.05) is 0 Å². The van der Waals surface area contributed by atoms with Crippen molar-refractivity contribution < 1.29 is 14.0 Å². The van der Waals surface area contributed by atoms with Gasteiger partial charge in [-0.05, 0) is 38.4 Å². The van der Waals surface area contributed by atoms with Crippen LogP contribution in [0.4, 0.5) is 5.82 Å². The van der Waals surface area contributed by atoms with Crippen molar-refractivity contribution in [3.8, 4) is 0 Å². The van der Waals surface area contributed by atoms with E-state index in [2.05, 4.69) is 15.7 Å². The van der Waals surface area contributed by atoms with Crippen molar-refractivity contribution in [2.75, 3.05) is 18.4 Å². The average molecular weight is 345 g/mol. The maximum Gasteiger partial charge on any atom is 0.239 e. The van der Waals surface area contributed by atoms with Crippen molar-refractivity contribution in [1.82, 2.24) is 20.0 Å². The van der Waals surface area contributed by atoms with Crippen LogP contribution in [0.2, 0.25) is 0 Å². The quantitative estimate of drug-likeness (QED) is 0.816. The summed E-state index contributed by atoms with van der Waals surface area (Å²) >= 11 is 0. The summed E-state index contributed by atoms with van der Waals surface area (Å²) in [6.07, 6.45) is 3.23. The number of rotatable bonds is 6. The van der Waals surface area contributed by atoms with E-state index in [1.807, 2.05) is 24.0 Å². The molecule has 0 aromatic carbocycles.